The van der Waals surface area contributed by atoms with Crippen molar-refractivity contribution in [1.29, 1.82) is 0 Å². The molecule has 3 nitrogen and oxygen atoms in total. The lowest BCUT2D eigenvalue weighted by molar-refractivity contribution is -0.129. The van der Waals surface area contributed by atoms with Crippen LogP contribution in [0.4, 0.5) is 0 Å². The van der Waals surface area contributed by atoms with Crippen molar-refractivity contribution in [3.05, 3.63) is 71.8 Å². The number of hydrogen-bond donors (Lipinski definition) is 1. The summed E-state index contributed by atoms with van der Waals surface area (Å²) in [6.45, 7) is 4.22. The van der Waals surface area contributed by atoms with Gasteiger partial charge in [-0.25, -0.2) is 0 Å². The summed E-state index contributed by atoms with van der Waals surface area (Å²) in [5.41, 5.74) is 2.41. The molecule has 0 spiro atoms. The van der Waals surface area contributed by atoms with E-state index in [0.29, 0.717) is 13.1 Å². The summed E-state index contributed by atoms with van der Waals surface area (Å²) < 4.78 is 4.54. The first-order valence-electron chi connectivity index (χ1n) is 9.16. The summed E-state index contributed by atoms with van der Waals surface area (Å²) in [7, 11) is 0. The third-order valence-electron chi connectivity index (χ3n) is 4.68. The van der Waals surface area contributed by atoms with E-state index in [2.05, 4.69) is 47.3 Å². The smallest absolute Gasteiger partial charge is 0.293 e. The number of rotatable bonds is 6. The van der Waals surface area contributed by atoms with Gasteiger partial charge in [-0.1, -0.05) is 80.4 Å². The first-order chi connectivity index (χ1) is 12.3. The maximum atomic E-state index is 9.76. The van der Waals surface area contributed by atoms with Crippen LogP contribution >= 0.6 is 0 Å². The fourth-order valence-electron chi connectivity index (χ4n) is 3.17. The van der Waals surface area contributed by atoms with Gasteiger partial charge in [0.05, 0.1) is 0 Å². The number of carbonyl (C=O) groups excluding carboxylic acids is 1. The standard InChI is InChI=1S/C14H21N.C8H8O2/c1-12-7-5-6-10-14(12)15-11-13-8-3-2-4-9-13;9-7-10-6-8-4-2-1-3-5-8/h2-4,8-9,12,14-15H,5-7,10-11H2,1H3;1-5,7H,6H2. The minimum atomic E-state index is 0.365. The summed E-state index contributed by atoms with van der Waals surface area (Å²) in [4.78, 5) is 9.76. The summed E-state index contributed by atoms with van der Waals surface area (Å²) in [6.07, 6.45) is 5.57. The summed E-state index contributed by atoms with van der Waals surface area (Å²) in [5.74, 6) is 0.850. The Labute approximate surface area is 151 Å². The van der Waals surface area contributed by atoms with Crippen LogP contribution in [0.2, 0.25) is 0 Å². The van der Waals surface area contributed by atoms with Crippen LogP contribution in [-0.4, -0.2) is 12.5 Å². The molecular formula is C22H29NO2. The van der Waals surface area contributed by atoms with Crippen molar-refractivity contribution in [2.75, 3.05) is 0 Å². The molecule has 2 aromatic carbocycles. The van der Waals surface area contributed by atoms with E-state index in [1.54, 1.807) is 0 Å². The van der Waals surface area contributed by atoms with E-state index in [9.17, 15) is 4.79 Å². The van der Waals surface area contributed by atoms with Crippen LogP contribution in [0.25, 0.3) is 0 Å². The predicted octanol–water partition coefficient (Wildman–Crippen LogP) is 4.71. The average molecular weight is 339 g/mol. The Hall–Kier alpha value is -2.13. The average Bonchev–Trinajstić information content (AvgIpc) is 2.68. The summed E-state index contributed by atoms with van der Waals surface area (Å²) in [6, 6.07) is 21.0. The van der Waals surface area contributed by atoms with Crippen molar-refractivity contribution in [3.63, 3.8) is 0 Å². The normalized spacial score (nSPS) is 19.4. The Morgan fingerprint density at radius 3 is 2.16 bits per heavy atom. The Kier molecular flexibility index (Phi) is 8.78. The van der Waals surface area contributed by atoms with E-state index in [4.69, 9.17) is 0 Å². The summed E-state index contributed by atoms with van der Waals surface area (Å²) in [5, 5.41) is 3.69. The lowest BCUT2D eigenvalue weighted by Gasteiger charge is -2.29. The van der Waals surface area contributed by atoms with Crippen LogP contribution in [0.5, 0.6) is 0 Å². The molecule has 0 radical (unpaired) electrons. The largest absolute Gasteiger partial charge is 0.463 e. The minimum absolute atomic E-state index is 0.365. The predicted molar refractivity (Wildman–Crippen MR) is 102 cm³/mol. The number of ether oxygens (including phenoxy) is 1. The third kappa shape index (κ3) is 7.53. The van der Waals surface area contributed by atoms with Gasteiger partial charge in [-0.3, -0.25) is 4.79 Å². The SMILES string of the molecule is CC1CCCCC1NCc1ccccc1.O=COCc1ccccc1. The summed E-state index contributed by atoms with van der Waals surface area (Å²) >= 11 is 0. The topological polar surface area (TPSA) is 38.3 Å². The quantitative estimate of drug-likeness (QED) is 0.774. The maximum Gasteiger partial charge on any atom is 0.293 e. The van der Waals surface area contributed by atoms with Crippen LogP contribution in [0.3, 0.4) is 0 Å². The van der Waals surface area contributed by atoms with E-state index < -0.39 is 0 Å². The van der Waals surface area contributed by atoms with Gasteiger partial charge in [-0.2, -0.15) is 0 Å². The first kappa shape index (κ1) is 19.2. The van der Waals surface area contributed by atoms with Gasteiger partial charge in [0, 0.05) is 12.6 Å². The van der Waals surface area contributed by atoms with Crippen molar-refractivity contribution in [1.82, 2.24) is 5.32 Å². The lowest BCUT2D eigenvalue weighted by atomic mass is 9.86. The maximum absolute atomic E-state index is 9.76. The minimum Gasteiger partial charge on any atom is -0.463 e. The highest BCUT2D eigenvalue weighted by Gasteiger charge is 2.20. The molecule has 2 unspecified atom stereocenters. The molecule has 134 valence electrons. The van der Waals surface area contributed by atoms with Gasteiger partial charge < -0.3 is 10.1 Å². The number of hydrogen-bond acceptors (Lipinski definition) is 3. The Morgan fingerprint density at radius 1 is 0.960 bits per heavy atom. The van der Waals surface area contributed by atoms with Crippen molar-refractivity contribution in [3.8, 4) is 0 Å². The Balaban J connectivity index is 0.000000196. The number of benzene rings is 2. The van der Waals surface area contributed by atoms with Gasteiger partial charge in [-0.05, 0) is 29.9 Å². The van der Waals surface area contributed by atoms with Gasteiger partial charge in [0.15, 0.2) is 0 Å². The van der Waals surface area contributed by atoms with Crippen LogP contribution < -0.4 is 5.32 Å². The van der Waals surface area contributed by atoms with Crippen molar-refractivity contribution < 1.29 is 9.53 Å². The second kappa shape index (κ2) is 11.4. The van der Waals surface area contributed by atoms with E-state index in [1.165, 1.54) is 31.2 Å². The second-order valence-electron chi connectivity index (χ2n) is 6.63. The Morgan fingerprint density at radius 2 is 1.56 bits per heavy atom. The lowest BCUT2D eigenvalue weighted by Crippen LogP contribution is -2.36. The molecule has 1 saturated carbocycles. The zero-order valence-electron chi connectivity index (χ0n) is 15.1. The molecule has 0 bridgehead atoms. The molecule has 0 amide bonds. The second-order valence-corrected chi connectivity index (χ2v) is 6.63. The Bertz CT molecular complexity index is 585. The van der Waals surface area contributed by atoms with Crippen LogP contribution in [0.15, 0.2) is 60.7 Å². The van der Waals surface area contributed by atoms with E-state index in [1.807, 2.05) is 30.3 Å². The fourth-order valence-corrected chi connectivity index (χ4v) is 3.17. The highest BCUT2D eigenvalue weighted by Crippen LogP contribution is 2.23. The molecule has 1 N–H and O–H groups in total. The molecule has 3 heteroatoms. The van der Waals surface area contributed by atoms with Crippen molar-refractivity contribution in [2.45, 2.75) is 51.8 Å². The highest BCUT2D eigenvalue weighted by molar-refractivity contribution is 5.37. The zero-order valence-corrected chi connectivity index (χ0v) is 15.1. The fraction of sp³-hybridized carbons (Fsp3) is 0.409. The van der Waals surface area contributed by atoms with Gasteiger partial charge in [0.2, 0.25) is 0 Å². The molecule has 0 saturated heterocycles. The van der Waals surface area contributed by atoms with E-state index in [-0.39, 0.29) is 0 Å². The van der Waals surface area contributed by atoms with Crippen molar-refractivity contribution >= 4 is 6.47 Å². The highest BCUT2D eigenvalue weighted by atomic mass is 16.5. The van der Waals surface area contributed by atoms with Crippen LogP contribution in [0, 0.1) is 5.92 Å². The van der Waals surface area contributed by atoms with Crippen molar-refractivity contribution in [2.24, 2.45) is 5.92 Å². The molecule has 1 aliphatic rings. The molecule has 0 heterocycles. The molecule has 1 aliphatic carbocycles. The van der Waals surface area contributed by atoms with Gasteiger partial charge in [0.1, 0.15) is 6.61 Å². The van der Waals surface area contributed by atoms with Gasteiger partial charge >= 0.3 is 0 Å². The van der Waals surface area contributed by atoms with E-state index >= 15 is 0 Å². The molecule has 25 heavy (non-hydrogen) atoms. The molecular weight excluding hydrogens is 310 g/mol. The zero-order chi connectivity index (χ0) is 17.7. The molecule has 2 atom stereocenters. The van der Waals surface area contributed by atoms with Crippen LogP contribution in [-0.2, 0) is 22.7 Å². The molecule has 3 rings (SSSR count). The number of nitrogens with one attached hydrogen (secondary N) is 1. The first-order valence-corrected chi connectivity index (χ1v) is 9.16. The van der Waals surface area contributed by atoms with Gasteiger partial charge in [-0.15, -0.1) is 0 Å². The third-order valence-corrected chi connectivity index (χ3v) is 4.68. The molecule has 0 aliphatic heterocycles. The molecule has 2 aromatic rings. The number of carbonyl (C=O) groups is 1. The van der Waals surface area contributed by atoms with Crippen LogP contribution in [0.1, 0.15) is 43.7 Å². The van der Waals surface area contributed by atoms with Gasteiger partial charge in [0.25, 0.3) is 6.47 Å². The molecule has 0 aromatic heterocycles. The van der Waals surface area contributed by atoms with E-state index in [0.717, 1.165) is 24.1 Å². The monoisotopic (exact) mass is 339 g/mol. The molecule has 1 fully saturated rings.